The van der Waals surface area contributed by atoms with Crippen molar-refractivity contribution in [3.63, 3.8) is 0 Å². The second-order valence-electron chi connectivity index (χ2n) is 7.95. The van der Waals surface area contributed by atoms with Crippen molar-refractivity contribution in [2.75, 3.05) is 13.2 Å². The van der Waals surface area contributed by atoms with E-state index >= 15 is 0 Å². The Kier molecular flexibility index (Phi) is 5.23. The van der Waals surface area contributed by atoms with E-state index < -0.39 is 0 Å². The van der Waals surface area contributed by atoms with Crippen molar-refractivity contribution in [3.05, 3.63) is 83.3 Å². The number of fused-ring (bicyclic) bond motifs is 2. The predicted octanol–water partition coefficient (Wildman–Crippen LogP) is 3.89. The summed E-state index contributed by atoms with van der Waals surface area (Å²) in [7, 11) is 1.90. The second-order valence-corrected chi connectivity index (χ2v) is 7.95. The topological polar surface area (TPSA) is 69.5 Å². The summed E-state index contributed by atoms with van der Waals surface area (Å²) in [6.07, 6.45) is 1.75. The number of carbonyl (C=O) groups excluding carboxylic acids is 1. The molecule has 162 valence electrons. The molecule has 0 radical (unpaired) electrons. The van der Waals surface area contributed by atoms with Crippen LogP contribution < -0.4 is 9.47 Å². The molecule has 0 atom stereocenters. The van der Waals surface area contributed by atoms with Crippen LogP contribution in [0, 0.1) is 6.92 Å². The van der Waals surface area contributed by atoms with E-state index in [0.29, 0.717) is 37.6 Å². The molecular formula is C25H24N4O3. The van der Waals surface area contributed by atoms with E-state index in [-0.39, 0.29) is 5.91 Å². The Balaban J connectivity index is 1.47. The van der Waals surface area contributed by atoms with Gasteiger partial charge in [0.25, 0.3) is 5.91 Å². The molecule has 0 unspecified atom stereocenters. The maximum Gasteiger partial charge on any atom is 0.254 e. The zero-order valence-corrected chi connectivity index (χ0v) is 18.1. The van der Waals surface area contributed by atoms with Gasteiger partial charge in [0.1, 0.15) is 13.2 Å². The minimum atomic E-state index is -0.0612. The lowest BCUT2D eigenvalue weighted by Gasteiger charge is -2.24. The van der Waals surface area contributed by atoms with Crippen molar-refractivity contribution in [3.8, 4) is 11.5 Å². The zero-order chi connectivity index (χ0) is 22.1. The summed E-state index contributed by atoms with van der Waals surface area (Å²) < 4.78 is 13.2. The van der Waals surface area contributed by atoms with Crippen molar-refractivity contribution >= 4 is 16.8 Å². The van der Waals surface area contributed by atoms with Gasteiger partial charge in [0.05, 0.1) is 17.8 Å². The maximum absolute atomic E-state index is 13.6. The Hall–Kier alpha value is -3.87. The van der Waals surface area contributed by atoms with Crippen LogP contribution in [0.1, 0.15) is 27.3 Å². The van der Waals surface area contributed by atoms with Crippen LogP contribution in [0.15, 0.2) is 60.8 Å². The second kappa shape index (κ2) is 8.34. The Labute approximate surface area is 186 Å². The summed E-state index contributed by atoms with van der Waals surface area (Å²) in [5.41, 5.74) is 4.35. The zero-order valence-electron chi connectivity index (χ0n) is 18.1. The molecule has 0 spiro atoms. The van der Waals surface area contributed by atoms with E-state index in [1.54, 1.807) is 6.20 Å². The third kappa shape index (κ3) is 4.01. The van der Waals surface area contributed by atoms with E-state index in [4.69, 9.17) is 9.47 Å². The average Bonchev–Trinajstić information content (AvgIpc) is 3.14. The molecule has 0 bridgehead atoms. The fourth-order valence-corrected chi connectivity index (χ4v) is 3.90. The van der Waals surface area contributed by atoms with Gasteiger partial charge in [-0.3, -0.25) is 14.5 Å². The van der Waals surface area contributed by atoms with E-state index in [9.17, 15) is 4.79 Å². The number of hydrogen-bond acceptors (Lipinski definition) is 5. The molecule has 0 N–H and O–H groups in total. The first kappa shape index (κ1) is 20.1. The van der Waals surface area contributed by atoms with Gasteiger partial charge in [-0.1, -0.05) is 12.1 Å². The predicted molar refractivity (Wildman–Crippen MR) is 121 cm³/mol. The van der Waals surface area contributed by atoms with Crippen LogP contribution in [0.25, 0.3) is 10.9 Å². The van der Waals surface area contributed by atoms with Gasteiger partial charge in [-0.15, -0.1) is 0 Å². The van der Waals surface area contributed by atoms with Crippen LogP contribution in [-0.2, 0) is 20.1 Å². The number of pyridine rings is 1. The lowest BCUT2D eigenvalue weighted by atomic mass is 10.1. The number of carbonyl (C=O) groups is 1. The Bertz CT molecular complexity index is 1280. The van der Waals surface area contributed by atoms with Crippen LogP contribution in [0.4, 0.5) is 0 Å². The van der Waals surface area contributed by atoms with Gasteiger partial charge >= 0.3 is 0 Å². The first-order chi connectivity index (χ1) is 15.6. The van der Waals surface area contributed by atoms with Gasteiger partial charge < -0.3 is 14.4 Å². The number of amides is 1. The molecule has 0 aliphatic carbocycles. The Morgan fingerprint density at radius 3 is 2.69 bits per heavy atom. The van der Waals surface area contributed by atoms with Crippen molar-refractivity contribution in [2.45, 2.75) is 20.0 Å². The molecule has 1 aliphatic rings. The lowest BCUT2D eigenvalue weighted by molar-refractivity contribution is 0.0727. The van der Waals surface area contributed by atoms with Crippen LogP contribution in [-0.4, -0.2) is 38.8 Å². The summed E-state index contributed by atoms with van der Waals surface area (Å²) in [6.45, 7) is 3.90. The van der Waals surface area contributed by atoms with Gasteiger partial charge in [-0.25, -0.2) is 0 Å². The number of aryl methyl sites for hydroxylation is 2. The monoisotopic (exact) mass is 428 g/mol. The summed E-state index contributed by atoms with van der Waals surface area (Å²) in [5.74, 6) is 1.39. The molecular weight excluding hydrogens is 404 g/mol. The molecule has 0 saturated heterocycles. The summed E-state index contributed by atoms with van der Waals surface area (Å²) in [5, 5.41) is 5.49. The maximum atomic E-state index is 13.6. The summed E-state index contributed by atoms with van der Waals surface area (Å²) in [6, 6.07) is 17.3. The van der Waals surface area contributed by atoms with E-state index in [1.165, 1.54) is 0 Å². The highest BCUT2D eigenvalue weighted by molar-refractivity contribution is 5.97. The summed E-state index contributed by atoms with van der Waals surface area (Å²) >= 11 is 0. The highest BCUT2D eigenvalue weighted by Crippen LogP contribution is 2.31. The van der Waals surface area contributed by atoms with E-state index in [1.807, 2.05) is 78.2 Å². The molecule has 3 heterocycles. The van der Waals surface area contributed by atoms with Gasteiger partial charge in [-0.05, 0) is 55.0 Å². The fourth-order valence-electron chi connectivity index (χ4n) is 3.90. The minimum absolute atomic E-state index is 0.0612. The first-order valence-corrected chi connectivity index (χ1v) is 10.6. The number of benzene rings is 2. The summed E-state index contributed by atoms with van der Waals surface area (Å²) in [4.78, 5) is 19.8. The quantitative estimate of drug-likeness (QED) is 0.482. The molecule has 4 aromatic rings. The largest absolute Gasteiger partial charge is 0.486 e. The number of ether oxygens (including phenoxy) is 2. The van der Waals surface area contributed by atoms with Crippen molar-refractivity contribution in [2.24, 2.45) is 7.05 Å². The van der Waals surface area contributed by atoms with Crippen molar-refractivity contribution in [1.29, 1.82) is 0 Å². The molecule has 2 aromatic heterocycles. The van der Waals surface area contributed by atoms with Gasteiger partial charge in [0.15, 0.2) is 11.5 Å². The van der Waals surface area contributed by atoms with E-state index in [0.717, 1.165) is 33.6 Å². The Morgan fingerprint density at radius 1 is 1.03 bits per heavy atom. The molecule has 0 fully saturated rings. The highest BCUT2D eigenvalue weighted by Gasteiger charge is 2.20. The number of nitrogens with zero attached hydrogens (tertiary/aromatic N) is 4. The molecule has 1 aliphatic heterocycles. The van der Waals surface area contributed by atoms with Crippen LogP contribution in [0.5, 0.6) is 11.5 Å². The van der Waals surface area contributed by atoms with Crippen LogP contribution >= 0.6 is 0 Å². The number of aromatic nitrogens is 3. The van der Waals surface area contributed by atoms with Gasteiger partial charge in [0.2, 0.25) is 0 Å². The smallest absolute Gasteiger partial charge is 0.254 e. The molecule has 32 heavy (non-hydrogen) atoms. The lowest BCUT2D eigenvalue weighted by Crippen LogP contribution is -2.30. The van der Waals surface area contributed by atoms with Crippen molar-refractivity contribution in [1.82, 2.24) is 19.7 Å². The molecule has 5 rings (SSSR count). The first-order valence-electron chi connectivity index (χ1n) is 10.6. The minimum Gasteiger partial charge on any atom is -0.486 e. The van der Waals surface area contributed by atoms with Crippen LogP contribution in [0.3, 0.4) is 0 Å². The van der Waals surface area contributed by atoms with E-state index in [2.05, 4.69) is 10.1 Å². The number of rotatable bonds is 5. The molecule has 0 saturated carbocycles. The van der Waals surface area contributed by atoms with Gasteiger partial charge in [0, 0.05) is 36.4 Å². The third-order valence-electron chi connectivity index (χ3n) is 5.63. The van der Waals surface area contributed by atoms with Crippen LogP contribution in [0.2, 0.25) is 0 Å². The van der Waals surface area contributed by atoms with Gasteiger partial charge in [-0.2, -0.15) is 5.10 Å². The number of hydrogen-bond donors (Lipinski definition) is 0. The average molecular weight is 428 g/mol. The highest BCUT2D eigenvalue weighted by atomic mass is 16.6. The standard InChI is InChI=1S/C25H24N4O3/c1-17-12-21(27-28(17)2)16-29(15-18-5-8-23-24(13-18)32-11-10-31-23)25(30)20-6-7-22-19(14-20)4-3-9-26-22/h3-9,12-14H,10-11,15-16H2,1-2H3. The molecule has 2 aromatic carbocycles. The fraction of sp³-hybridized carbons (Fsp3) is 0.240. The molecule has 7 heteroatoms. The Morgan fingerprint density at radius 2 is 1.88 bits per heavy atom. The third-order valence-corrected chi connectivity index (χ3v) is 5.63. The SMILES string of the molecule is Cc1cc(CN(Cc2ccc3c(c2)OCCO3)C(=O)c2ccc3ncccc3c2)nn1C. The molecule has 1 amide bonds. The molecule has 7 nitrogen and oxygen atoms in total. The van der Waals surface area contributed by atoms with Crippen molar-refractivity contribution < 1.29 is 14.3 Å². The normalized spacial score (nSPS) is 12.7.